The Morgan fingerprint density at radius 1 is 1.05 bits per heavy atom. The third kappa shape index (κ3) is 4.01. The van der Waals surface area contributed by atoms with Gasteiger partial charge in [0, 0.05) is 10.9 Å². The van der Waals surface area contributed by atoms with E-state index in [-0.39, 0.29) is 5.91 Å². The topological polar surface area (TPSA) is 29.1 Å². The van der Waals surface area contributed by atoms with E-state index in [1.165, 1.54) is 30.0 Å². The summed E-state index contributed by atoms with van der Waals surface area (Å²) in [5.74, 6) is 0.675. The predicted octanol–water partition coefficient (Wildman–Crippen LogP) is 4.38. The van der Waals surface area contributed by atoms with E-state index in [2.05, 4.69) is 35.6 Å². The van der Waals surface area contributed by atoms with Crippen LogP contribution >= 0.6 is 11.8 Å². The summed E-state index contributed by atoms with van der Waals surface area (Å²) in [5, 5.41) is 5.64. The molecule has 0 aromatic heterocycles. The van der Waals surface area contributed by atoms with E-state index in [1.54, 1.807) is 11.8 Å². The van der Waals surface area contributed by atoms with Crippen molar-refractivity contribution in [3.05, 3.63) is 42.5 Å². The number of benzene rings is 2. The van der Waals surface area contributed by atoms with Crippen molar-refractivity contribution >= 4 is 28.4 Å². The molecule has 3 heteroatoms. The second-order valence-electron chi connectivity index (χ2n) is 5.70. The van der Waals surface area contributed by atoms with Crippen molar-refractivity contribution < 1.29 is 4.79 Å². The summed E-state index contributed by atoms with van der Waals surface area (Å²) in [4.78, 5) is 13.2. The van der Waals surface area contributed by atoms with Crippen LogP contribution in [-0.2, 0) is 4.79 Å². The van der Waals surface area contributed by atoms with Crippen molar-refractivity contribution in [2.24, 2.45) is 0 Å². The van der Waals surface area contributed by atoms with Gasteiger partial charge >= 0.3 is 0 Å². The molecule has 2 aromatic carbocycles. The Labute approximate surface area is 130 Å². The van der Waals surface area contributed by atoms with Crippen LogP contribution in [0.2, 0.25) is 0 Å². The minimum absolute atomic E-state index is 0.167. The zero-order chi connectivity index (χ0) is 14.5. The molecular weight excluding hydrogens is 278 g/mol. The molecule has 0 heterocycles. The van der Waals surface area contributed by atoms with Crippen LogP contribution < -0.4 is 5.32 Å². The lowest BCUT2D eigenvalue weighted by Crippen LogP contribution is -2.37. The summed E-state index contributed by atoms with van der Waals surface area (Å²) >= 11 is 1.62. The molecule has 0 radical (unpaired) electrons. The van der Waals surface area contributed by atoms with E-state index in [0.717, 1.165) is 17.7 Å². The Bertz CT molecular complexity index is 619. The van der Waals surface area contributed by atoms with Gasteiger partial charge in [-0.25, -0.2) is 0 Å². The van der Waals surface area contributed by atoms with Gasteiger partial charge in [0.25, 0.3) is 0 Å². The lowest BCUT2D eigenvalue weighted by Gasteiger charge is -2.22. The number of thioether (sulfide) groups is 1. The van der Waals surface area contributed by atoms with E-state index in [4.69, 9.17) is 0 Å². The van der Waals surface area contributed by atoms with Gasteiger partial charge in [-0.2, -0.15) is 0 Å². The van der Waals surface area contributed by atoms with E-state index < -0.39 is 0 Å². The van der Waals surface area contributed by atoms with Crippen molar-refractivity contribution in [1.29, 1.82) is 0 Å². The summed E-state index contributed by atoms with van der Waals surface area (Å²) in [6, 6.07) is 15.1. The van der Waals surface area contributed by atoms with Crippen LogP contribution in [-0.4, -0.2) is 17.7 Å². The first-order chi connectivity index (χ1) is 10.3. The molecule has 0 spiro atoms. The van der Waals surface area contributed by atoms with Crippen molar-refractivity contribution in [3.63, 3.8) is 0 Å². The number of hydrogen-bond acceptors (Lipinski definition) is 2. The zero-order valence-corrected chi connectivity index (χ0v) is 13.0. The number of hydrogen-bond donors (Lipinski definition) is 1. The SMILES string of the molecule is O=C(CSc1ccc2ccccc2c1)NC1CCCCC1. The maximum atomic E-state index is 12.0. The quantitative estimate of drug-likeness (QED) is 0.849. The Morgan fingerprint density at radius 2 is 1.81 bits per heavy atom. The fourth-order valence-electron chi connectivity index (χ4n) is 2.92. The third-order valence-corrected chi connectivity index (χ3v) is 5.05. The fourth-order valence-corrected chi connectivity index (χ4v) is 3.68. The van der Waals surface area contributed by atoms with E-state index in [0.29, 0.717) is 11.8 Å². The summed E-state index contributed by atoms with van der Waals surface area (Å²) < 4.78 is 0. The smallest absolute Gasteiger partial charge is 0.230 e. The summed E-state index contributed by atoms with van der Waals surface area (Å²) in [6.07, 6.45) is 6.11. The van der Waals surface area contributed by atoms with Gasteiger partial charge in [-0.15, -0.1) is 11.8 Å². The average molecular weight is 299 g/mol. The van der Waals surface area contributed by atoms with Gasteiger partial charge in [0.1, 0.15) is 0 Å². The fraction of sp³-hybridized carbons (Fsp3) is 0.389. The Kier molecular flexibility index (Phi) is 4.81. The second-order valence-corrected chi connectivity index (χ2v) is 6.75. The predicted molar refractivity (Wildman–Crippen MR) is 89.7 cm³/mol. The summed E-state index contributed by atoms with van der Waals surface area (Å²) in [7, 11) is 0. The molecule has 1 N–H and O–H groups in total. The van der Waals surface area contributed by atoms with Gasteiger partial charge in [0.15, 0.2) is 0 Å². The second kappa shape index (κ2) is 6.99. The van der Waals surface area contributed by atoms with Gasteiger partial charge in [0.05, 0.1) is 5.75 Å². The van der Waals surface area contributed by atoms with E-state index in [1.807, 2.05) is 12.1 Å². The molecule has 1 aliphatic carbocycles. The number of rotatable bonds is 4. The van der Waals surface area contributed by atoms with Gasteiger partial charge in [-0.05, 0) is 35.7 Å². The first-order valence-electron chi connectivity index (χ1n) is 7.72. The zero-order valence-electron chi connectivity index (χ0n) is 12.2. The molecule has 110 valence electrons. The maximum Gasteiger partial charge on any atom is 0.230 e. The highest BCUT2D eigenvalue weighted by Crippen LogP contribution is 2.24. The Balaban J connectivity index is 1.54. The van der Waals surface area contributed by atoms with E-state index >= 15 is 0 Å². The van der Waals surface area contributed by atoms with Crippen LogP contribution in [0.15, 0.2) is 47.4 Å². The van der Waals surface area contributed by atoms with Crippen LogP contribution in [0.5, 0.6) is 0 Å². The highest BCUT2D eigenvalue weighted by atomic mass is 32.2. The van der Waals surface area contributed by atoms with Crippen molar-refractivity contribution in [2.45, 2.75) is 43.0 Å². The number of amides is 1. The highest BCUT2D eigenvalue weighted by Gasteiger charge is 2.15. The number of carbonyl (C=O) groups excluding carboxylic acids is 1. The average Bonchev–Trinajstić information content (AvgIpc) is 2.54. The van der Waals surface area contributed by atoms with E-state index in [9.17, 15) is 4.79 Å². The largest absolute Gasteiger partial charge is 0.353 e. The molecule has 0 aliphatic heterocycles. The molecule has 21 heavy (non-hydrogen) atoms. The molecule has 0 bridgehead atoms. The molecule has 3 rings (SSSR count). The minimum atomic E-state index is 0.167. The van der Waals surface area contributed by atoms with Crippen LogP contribution in [0.4, 0.5) is 0 Å². The third-order valence-electron chi connectivity index (χ3n) is 4.06. The van der Waals surface area contributed by atoms with Gasteiger partial charge in [0.2, 0.25) is 5.91 Å². The number of carbonyl (C=O) groups is 1. The van der Waals surface area contributed by atoms with Crippen molar-refractivity contribution in [3.8, 4) is 0 Å². The normalized spacial score (nSPS) is 16.0. The maximum absolute atomic E-state index is 12.0. The molecule has 1 amide bonds. The van der Waals surface area contributed by atoms with Crippen molar-refractivity contribution in [2.75, 3.05) is 5.75 Å². The molecular formula is C18H21NOS. The molecule has 0 unspecified atom stereocenters. The first-order valence-corrected chi connectivity index (χ1v) is 8.71. The number of fused-ring (bicyclic) bond motifs is 1. The molecule has 2 nitrogen and oxygen atoms in total. The first kappa shape index (κ1) is 14.5. The van der Waals surface area contributed by atoms with Gasteiger partial charge < -0.3 is 5.32 Å². The van der Waals surface area contributed by atoms with Gasteiger partial charge in [-0.1, -0.05) is 49.6 Å². The summed E-state index contributed by atoms with van der Waals surface area (Å²) in [5.41, 5.74) is 0. The van der Waals surface area contributed by atoms with Crippen LogP contribution in [0.3, 0.4) is 0 Å². The monoisotopic (exact) mass is 299 g/mol. The number of nitrogens with one attached hydrogen (secondary N) is 1. The molecule has 0 atom stereocenters. The summed E-state index contributed by atoms with van der Waals surface area (Å²) in [6.45, 7) is 0. The minimum Gasteiger partial charge on any atom is -0.353 e. The molecule has 0 saturated heterocycles. The van der Waals surface area contributed by atoms with Crippen molar-refractivity contribution in [1.82, 2.24) is 5.32 Å². The molecule has 1 aliphatic rings. The van der Waals surface area contributed by atoms with Crippen LogP contribution in [0.1, 0.15) is 32.1 Å². The standard InChI is InChI=1S/C18H21NOS/c20-18(19-16-8-2-1-3-9-16)13-21-17-11-10-14-6-4-5-7-15(14)12-17/h4-7,10-12,16H,1-3,8-9,13H2,(H,19,20). The molecule has 2 aromatic rings. The lowest BCUT2D eigenvalue weighted by atomic mass is 9.95. The Morgan fingerprint density at radius 3 is 2.62 bits per heavy atom. The van der Waals surface area contributed by atoms with Crippen LogP contribution in [0.25, 0.3) is 10.8 Å². The molecule has 1 fully saturated rings. The lowest BCUT2D eigenvalue weighted by molar-refractivity contribution is -0.119. The van der Waals surface area contributed by atoms with Crippen LogP contribution in [0, 0.1) is 0 Å². The Hall–Kier alpha value is -1.48. The highest BCUT2D eigenvalue weighted by molar-refractivity contribution is 8.00. The van der Waals surface area contributed by atoms with Gasteiger partial charge in [-0.3, -0.25) is 4.79 Å². The molecule has 1 saturated carbocycles.